The van der Waals surface area contributed by atoms with Gasteiger partial charge in [-0.05, 0) is 49.1 Å². The van der Waals surface area contributed by atoms with Crippen molar-refractivity contribution in [1.29, 1.82) is 0 Å². The summed E-state index contributed by atoms with van der Waals surface area (Å²) in [6, 6.07) is 14.0. The Balaban J connectivity index is 0.00000225. The van der Waals surface area contributed by atoms with E-state index in [1.54, 1.807) is 36.4 Å². The molecule has 1 amide bonds. The Kier molecular flexibility index (Phi) is 6.76. The lowest BCUT2D eigenvalue weighted by atomic mass is 9.98. The van der Waals surface area contributed by atoms with E-state index >= 15 is 0 Å². The summed E-state index contributed by atoms with van der Waals surface area (Å²) < 4.78 is 0.902. The molecule has 0 bridgehead atoms. The monoisotopic (exact) mass is 422 g/mol. The largest absolute Gasteiger partial charge is 0.350 e. The quantitative estimate of drug-likeness (QED) is 0.698. The molecule has 1 aliphatic rings. The van der Waals surface area contributed by atoms with Gasteiger partial charge in [0.15, 0.2) is 5.78 Å². The molecule has 1 aliphatic carbocycles. The van der Waals surface area contributed by atoms with Crippen molar-refractivity contribution >= 4 is 40.0 Å². The number of hydrogen-bond acceptors (Lipinski definition) is 3. The van der Waals surface area contributed by atoms with Crippen LogP contribution in [0, 0.1) is 5.92 Å². The zero-order valence-electron chi connectivity index (χ0n) is 13.6. The van der Waals surface area contributed by atoms with Crippen molar-refractivity contribution in [3.05, 3.63) is 69.7 Å². The second-order valence-electron chi connectivity index (χ2n) is 6.09. The maximum atomic E-state index is 12.7. The Hall–Kier alpha value is -1.69. The molecule has 0 aliphatic heterocycles. The van der Waals surface area contributed by atoms with Crippen molar-refractivity contribution in [3.63, 3.8) is 0 Å². The highest BCUT2D eigenvalue weighted by atomic mass is 79.9. The first-order valence-corrected chi connectivity index (χ1v) is 8.78. The molecule has 0 radical (unpaired) electrons. The predicted octanol–water partition coefficient (Wildman–Crippen LogP) is 3.57. The van der Waals surface area contributed by atoms with Crippen molar-refractivity contribution in [1.82, 2.24) is 5.32 Å². The molecule has 1 fully saturated rings. The van der Waals surface area contributed by atoms with E-state index in [9.17, 15) is 9.59 Å². The number of nitrogens with two attached hydrogens (primary N) is 1. The summed E-state index contributed by atoms with van der Waals surface area (Å²) >= 11 is 3.35. The molecular formula is C19H20BrClN2O2. The van der Waals surface area contributed by atoms with Gasteiger partial charge >= 0.3 is 0 Å². The average molecular weight is 424 g/mol. The maximum Gasteiger partial charge on any atom is 0.252 e. The highest BCUT2D eigenvalue weighted by Gasteiger charge is 2.28. The minimum atomic E-state index is -0.257. The lowest BCUT2D eigenvalue weighted by Crippen LogP contribution is -2.39. The number of carbonyl (C=O) groups excluding carboxylic acids is 2. The number of halogens is 2. The van der Waals surface area contributed by atoms with Crippen molar-refractivity contribution in [3.8, 4) is 0 Å². The number of amides is 1. The Bertz CT molecular complexity index is 760. The first-order valence-electron chi connectivity index (χ1n) is 7.99. The van der Waals surface area contributed by atoms with Gasteiger partial charge in [0.25, 0.3) is 5.91 Å². The number of hydrogen-bond donors (Lipinski definition) is 2. The molecule has 1 saturated carbocycles. The molecular weight excluding hydrogens is 404 g/mol. The molecule has 25 heavy (non-hydrogen) atoms. The summed E-state index contributed by atoms with van der Waals surface area (Å²) in [6.07, 6.45) is 2.27. The standard InChI is InChI=1S/C19H19BrN2O2.ClH/c20-14-9-7-13(8-10-14)18(23)15-3-1-2-4-16(15)19(24)22-11-17(21)12-5-6-12;/h1-4,7-10,12,17H,5-6,11,21H2,(H,22,24);1H. The lowest BCUT2D eigenvalue weighted by molar-refractivity contribution is 0.0939. The van der Waals surface area contributed by atoms with Crippen LogP contribution in [0.4, 0.5) is 0 Å². The molecule has 0 spiro atoms. The van der Waals surface area contributed by atoms with Gasteiger partial charge in [0.1, 0.15) is 0 Å². The summed E-state index contributed by atoms with van der Waals surface area (Å²) in [5.74, 6) is 0.0943. The van der Waals surface area contributed by atoms with Crippen molar-refractivity contribution in [2.45, 2.75) is 18.9 Å². The van der Waals surface area contributed by atoms with Gasteiger partial charge in [-0.2, -0.15) is 0 Å². The van der Waals surface area contributed by atoms with E-state index in [0.29, 0.717) is 29.2 Å². The number of ketones is 1. The molecule has 0 heterocycles. The Labute approximate surface area is 161 Å². The van der Waals surface area contributed by atoms with E-state index in [1.807, 2.05) is 12.1 Å². The third-order valence-corrected chi connectivity index (χ3v) is 4.78. The van der Waals surface area contributed by atoms with Gasteiger partial charge in [-0.3, -0.25) is 9.59 Å². The fourth-order valence-electron chi connectivity index (χ4n) is 2.63. The van der Waals surface area contributed by atoms with E-state index in [1.165, 1.54) is 0 Å². The molecule has 6 heteroatoms. The van der Waals surface area contributed by atoms with E-state index < -0.39 is 0 Å². The Morgan fingerprint density at radius 3 is 2.28 bits per heavy atom. The third-order valence-electron chi connectivity index (χ3n) is 4.25. The topological polar surface area (TPSA) is 72.2 Å². The smallest absolute Gasteiger partial charge is 0.252 e. The van der Waals surface area contributed by atoms with Gasteiger partial charge in [0.05, 0.1) is 5.56 Å². The van der Waals surface area contributed by atoms with Crippen LogP contribution in [-0.4, -0.2) is 24.3 Å². The summed E-state index contributed by atoms with van der Waals surface area (Å²) in [4.78, 5) is 25.2. The molecule has 2 aromatic rings. The average Bonchev–Trinajstić information content (AvgIpc) is 3.44. The lowest BCUT2D eigenvalue weighted by Gasteiger charge is -2.13. The van der Waals surface area contributed by atoms with Crippen LogP contribution >= 0.6 is 28.3 Å². The minimum absolute atomic E-state index is 0. The third kappa shape index (κ3) is 4.91. The summed E-state index contributed by atoms with van der Waals surface area (Å²) in [5, 5.41) is 2.85. The van der Waals surface area contributed by atoms with Crippen LogP contribution in [0.25, 0.3) is 0 Å². The molecule has 0 aromatic heterocycles. The molecule has 132 valence electrons. The zero-order valence-corrected chi connectivity index (χ0v) is 16.0. The van der Waals surface area contributed by atoms with Gasteiger partial charge in [-0.15, -0.1) is 12.4 Å². The first kappa shape index (κ1) is 19.6. The van der Waals surface area contributed by atoms with Gasteiger partial charge in [-0.25, -0.2) is 0 Å². The van der Waals surface area contributed by atoms with Crippen LogP contribution in [0.3, 0.4) is 0 Å². The number of rotatable bonds is 6. The summed E-state index contributed by atoms with van der Waals surface area (Å²) in [6.45, 7) is 0.435. The maximum absolute atomic E-state index is 12.7. The second kappa shape index (κ2) is 8.61. The molecule has 3 N–H and O–H groups in total. The van der Waals surface area contributed by atoms with E-state index in [2.05, 4.69) is 21.2 Å². The van der Waals surface area contributed by atoms with E-state index in [0.717, 1.165) is 17.3 Å². The predicted molar refractivity (Wildman–Crippen MR) is 104 cm³/mol. The molecule has 2 aromatic carbocycles. The van der Waals surface area contributed by atoms with Gasteiger partial charge in [-0.1, -0.05) is 34.1 Å². The van der Waals surface area contributed by atoms with Crippen LogP contribution in [-0.2, 0) is 0 Å². The zero-order chi connectivity index (χ0) is 17.1. The number of nitrogens with one attached hydrogen (secondary N) is 1. The van der Waals surface area contributed by atoms with Crippen molar-refractivity contribution in [2.75, 3.05) is 6.54 Å². The first-order chi connectivity index (χ1) is 11.6. The SMILES string of the molecule is Cl.NC(CNC(=O)c1ccccc1C(=O)c1ccc(Br)cc1)C1CC1. The van der Waals surface area contributed by atoms with Gasteiger partial charge in [0, 0.05) is 28.2 Å². The molecule has 1 atom stereocenters. The molecule has 0 saturated heterocycles. The van der Waals surface area contributed by atoms with Gasteiger partial charge in [0.2, 0.25) is 0 Å². The number of carbonyl (C=O) groups is 2. The van der Waals surface area contributed by atoms with Crippen LogP contribution in [0.5, 0.6) is 0 Å². The van der Waals surface area contributed by atoms with Crippen molar-refractivity contribution in [2.24, 2.45) is 11.7 Å². The summed E-state index contributed by atoms with van der Waals surface area (Å²) in [7, 11) is 0. The minimum Gasteiger partial charge on any atom is -0.350 e. The van der Waals surface area contributed by atoms with E-state index in [4.69, 9.17) is 5.73 Å². The van der Waals surface area contributed by atoms with Gasteiger partial charge < -0.3 is 11.1 Å². The second-order valence-corrected chi connectivity index (χ2v) is 7.01. The molecule has 3 rings (SSSR count). The number of benzene rings is 2. The van der Waals surface area contributed by atoms with Crippen LogP contribution in [0.1, 0.15) is 39.1 Å². The Morgan fingerprint density at radius 2 is 1.68 bits per heavy atom. The highest BCUT2D eigenvalue weighted by Crippen LogP contribution is 2.31. The van der Waals surface area contributed by atoms with E-state index in [-0.39, 0.29) is 30.1 Å². The highest BCUT2D eigenvalue weighted by molar-refractivity contribution is 9.10. The fourth-order valence-corrected chi connectivity index (χ4v) is 2.90. The van der Waals surface area contributed by atoms with Crippen LogP contribution in [0.15, 0.2) is 53.0 Å². The Morgan fingerprint density at radius 1 is 1.08 bits per heavy atom. The normalized spacial score (nSPS) is 14.3. The van der Waals surface area contributed by atoms with Crippen LogP contribution in [0.2, 0.25) is 0 Å². The van der Waals surface area contributed by atoms with Crippen LogP contribution < -0.4 is 11.1 Å². The van der Waals surface area contributed by atoms with Crippen molar-refractivity contribution < 1.29 is 9.59 Å². The summed E-state index contributed by atoms with van der Waals surface area (Å²) in [5.41, 5.74) is 7.35. The molecule has 4 nitrogen and oxygen atoms in total. The fraction of sp³-hybridized carbons (Fsp3) is 0.263. The molecule has 1 unspecified atom stereocenters.